The number of hydrogen-bond acceptors (Lipinski definition) is 7. The minimum atomic E-state index is -0.143. The van der Waals surface area contributed by atoms with Crippen LogP contribution in [0.2, 0.25) is 0 Å². The molecule has 178 valence electrons. The molecule has 0 fully saturated rings. The van der Waals surface area contributed by atoms with Gasteiger partial charge in [-0.15, -0.1) is 0 Å². The number of aryl methyl sites for hydroxylation is 1. The molecule has 0 N–H and O–H groups in total. The molecule has 6 rings (SSSR count). The predicted octanol–water partition coefficient (Wildman–Crippen LogP) is 5.46. The number of allylic oxidation sites excluding steroid dienone is 1. The standard InChI is InChI=1S/C27H22BrNO6/c1-15-7-22-19(12-29(13-32-22)11-16-3-5-21-23(8-16)34-14-33-21)27-25(15)26(30)24(35-27)10-17-9-18(28)4-6-20(17)31-2/h3-10H,11-14H2,1-2H3/b24-10-. The lowest BCUT2D eigenvalue weighted by Crippen LogP contribution is -2.31. The molecule has 0 spiro atoms. The molecule has 3 aromatic rings. The Morgan fingerprint density at radius 3 is 2.77 bits per heavy atom. The monoisotopic (exact) mass is 535 g/mol. The van der Waals surface area contributed by atoms with Crippen molar-refractivity contribution in [1.82, 2.24) is 4.90 Å². The molecule has 0 saturated carbocycles. The van der Waals surface area contributed by atoms with Gasteiger partial charge in [-0.2, -0.15) is 0 Å². The van der Waals surface area contributed by atoms with E-state index in [1.807, 2.05) is 49.4 Å². The first kappa shape index (κ1) is 22.0. The summed E-state index contributed by atoms with van der Waals surface area (Å²) < 4.78 is 29.5. The van der Waals surface area contributed by atoms with Crippen molar-refractivity contribution in [2.24, 2.45) is 0 Å². The molecular weight excluding hydrogens is 514 g/mol. The van der Waals surface area contributed by atoms with Crippen LogP contribution in [0.15, 0.2) is 52.7 Å². The highest BCUT2D eigenvalue weighted by Crippen LogP contribution is 2.44. The molecule has 0 amide bonds. The van der Waals surface area contributed by atoms with Crippen LogP contribution >= 0.6 is 15.9 Å². The maximum Gasteiger partial charge on any atom is 0.232 e. The number of methoxy groups -OCH3 is 1. The Kier molecular flexibility index (Phi) is 5.42. The lowest BCUT2D eigenvalue weighted by atomic mass is 9.98. The summed E-state index contributed by atoms with van der Waals surface area (Å²) in [5.74, 6) is 3.61. The van der Waals surface area contributed by atoms with E-state index in [0.29, 0.717) is 36.9 Å². The molecule has 3 aromatic carbocycles. The number of Topliss-reactive ketones (excluding diaryl/α,β-unsaturated/α-hetero) is 1. The van der Waals surface area contributed by atoms with Crippen LogP contribution in [0, 0.1) is 6.92 Å². The quantitative estimate of drug-likeness (QED) is 0.410. The molecule has 3 heterocycles. The van der Waals surface area contributed by atoms with Gasteiger partial charge in [0.15, 0.2) is 17.3 Å². The third kappa shape index (κ3) is 3.92. The summed E-state index contributed by atoms with van der Waals surface area (Å²) in [4.78, 5) is 15.5. The van der Waals surface area contributed by atoms with E-state index in [1.54, 1.807) is 13.2 Å². The van der Waals surface area contributed by atoms with Gasteiger partial charge >= 0.3 is 0 Å². The third-order valence-corrected chi connectivity index (χ3v) is 6.80. The molecule has 7 nitrogen and oxygen atoms in total. The summed E-state index contributed by atoms with van der Waals surface area (Å²) in [6.45, 7) is 3.84. The zero-order valence-corrected chi connectivity index (χ0v) is 20.8. The van der Waals surface area contributed by atoms with E-state index in [0.717, 1.165) is 44.0 Å². The predicted molar refractivity (Wildman–Crippen MR) is 132 cm³/mol. The van der Waals surface area contributed by atoms with E-state index in [9.17, 15) is 4.79 Å². The average Bonchev–Trinajstić information content (AvgIpc) is 3.44. The Bertz CT molecular complexity index is 1400. The zero-order chi connectivity index (χ0) is 24.1. The number of rotatable bonds is 4. The Labute approximate surface area is 210 Å². The molecule has 0 saturated heterocycles. The molecule has 0 atom stereocenters. The third-order valence-electron chi connectivity index (χ3n) is 6.31. The van der Waals surface area contributed by atoms with Crippen LogP contribution in [0.1, 0.15) is 32.6 Å². The van der Waals surface area contributed by atoms with E-state index >= 15 is 0 Å². The van der Waals surface area contributed by atoms with Crippen LogP contribution in [-0.2, 0) is 13.1 Å². The van der Waals surface area contributed by atoms with Gasteiger partial charge in [0, 0.05) is 23.1 Å². The largest absolute Gasteiger partial charge is 0.496 e. The second-order valence-electron chi connectivity index (χ2n) is 8.65. The van der Waals surface area contributed by atoms with E-state index in [2.05, 4.69) is 20.8 Å². The number of benzene rings is 3. The fourth-order valence-electron chi connectivity index (χ4n) is 4.63. The lowest BCUT2D eigenvalue weighted by molar-refractivity contribution is 0.0871. The number of halogens is 1. The van der Waals surface area contributed by atoms with Gasteiger partial charge in [-0.05, 0) is 60.5 Å². The van der Waals surface area contributed by atoms with E-state index in [1.165, 1.54) is 0 Å². The van der Waals surface area contributed by atoms with Crippen LogP contribution < -0.4 is 23.7 Å². The average molecular weight is 536 g/mol. The number of ketones is 1. The van der Waals surface area contributed by atoms with Crippen LogP contribution in [-0.4, -0.2) is 31.3 Å². The Hall–Kier alpha value is -3.49. The maximum absolute atomic E-state index is 13.3. The molecule has 35 heavy (non-hydrogen) atoms. The summed E-state index contributed by atoms with van der Waals surface area (Å²) in [5.41, 5.74) is 4.13. The topological polar surface area (TPSA) is 66.5 Å². The van der Waals surface area contributed by atoms with E-state index < -0.39 is 0 Å². The van der Waals surface area contributed by atoms with Gasteiger partial charge in [-0.3, -0.25) is 9.69 Å². The van der Waals surface area contributed by atoms with Gasteiger partial charge in [-0.25, -0.2) is 0 Å². The first-order chi connectivity index (χ1) is 17.0. The van der Waals surface area contributed by atoms with Crippen molar-refractivity contribution in [1.29, 1.82) is 0 Å². The van der Waals surface area contributed by atoms with Crippen molar-refractivity contribution in [3.05, 3.63) is 80.5 Å². The summed E-state index contributed by atoms with van der Waals surface area (Å²) >= 11 is 3.48. The summed E-state index contributed by atoms with van der Waals surface area (Å²) in [6, 6.07) is 13.5. The highest BCUT2D eigenvalue weighted by molar-refractivity contribution is 9.10. The number of ether oxygens (including phenoxy) is 5. The second kappa shape index (κ2) is 8.62. The number of carbonyl (C=O) groups is 1. The fraction of sp³-hybridized carbons (Fsp3) is 0.222. The van der Waals surface area contributed by atoms with Gasteiger partial charge in [0.25, 0.3) is 0 Å². The first-order valence-electron chi connectivity index (χ1n) is 11.2. The highest BCUT2D eigenvalue weighted by atomic mass is 79.9. The van der Waals surface area contributed by atoms with Crippen molar-refractivity contribution in [2.45, 2.75) is 20.0 Å². The lowest BCUT2D eigenvalue weighted by Gasteiger charge is -2.30. The normalized spacial score (nSPS) is 17.1. The molecule has 3 aliphatic heterocycles. The van der Waals surface area contributed by atoms with Crippen LogP contribution in [0.3, 0.4) is 0 Å². The first-order valence-corrected chi connectivity index (χ1v) is 12.0. The van der Waals surface area contributed by atoms with Gasteiger partial charge in [0.2, 0.25) is 12.6 Å². The molecule has 3 aliphatic rings. The van der Waals surface area contributed by atoms with Crippen LogP contribution in [0.4, 0.5) is 0 Å². The SMILES string of the molecule is COc1ccc(Br)cc1/C=C1\Oc2c3c(cc(C)c2C1=O)OCN(Cc1ccc2c(c1)OCO2)C3. The number of fused-ring (bicyclic) bond motifs is 4. The Morgan fingerprint density at radius 2 is 1.91 bits per heavy atom. The molecular formula is C27H22BrNO6. The number of nitrogens with zero attached hydrogens (tertiary/aromatic N) is 1. The van der Waals surface area contributed by atoms with E-state index in [-0.39, 0.29) is 18.3 Å². The summed E-state index contributed by atoms with van der Waals surface area (Å²) in [7, 11) is 1.60. The zero-order valence-electron chi connectivity index (χ0n) is 19.2. The maximum atomic E-state index is 13.3. The van der Waals surface area contributed by atoms with Crippen molar-refractivity contribution < 1.29 is 28.5 Å². The van der Waals surface area contributed by atoms with Crippen molar-refractivity contribution in [2.75, 3.05) is 20.6 Å². The second-order valence-corrected chi connectivity index (χ2v) is 9.56. The van der Waals surface area contributed by atoms with Gasteiger partial charge < -0.3 is 23.7 Å². The van der Waals surface area contributed by atoms with Crippen LogP contribution in [0.25, 0.3) is 6.08 Å². The van der Waals surface area contributed by atoms with Crippen molar-refractivity contribution in [3.8, 4) is 28.7 Å². The molecule has 0 bridgehead atoms. The van der Waals surface area contributed by atoms with Crippen molar-refractivity contribution in [3.63, 3.8) is 0 Å². The summed E-state index contributed by atoms with van der Waals surface area (Å²) in [5, 5.41) is 0. The van der Waals surface area contributed by atoms with Gasteiger partial charge in [0.1, 0.15) is 24.0 Å². The summed E-state index contributed by atoms with van der Waals surface area (Å²) in [6.07, 6.45) is 1.73. The Balaban J connectivity index is 1.31. The van der Waals surface area contributed by atoms with Crippen LogP contribution in [0.5, 0.6) is 28.7 Å². The minimum absolute atomic E-state index is 0.143. The fourth-order valence-corrected chi connectivity index (χ4v) is 5.01. The number of hydrogen-bond donors (Lipinski definition) is 0. The van der Waals surface area contributed by atoms with Gasteiger partial charge in [-0.1, -0.05) is 22.0 Å². The molecule has 0 aromatic heterocycles. The minimum Gasteiger partial charge on any atom is -0.496 e. The Morgan fingerprint density at radius 1 is 1.06 bits per heavy atom. The molecule has 0 radical (unpaired) electrons. The molecule has 8 heteroatoms. The number of carbonyl (C=O) groups excluding carboxylic acids is 1. The van der Waals surface area contributed by atoms with Crippen molar-refractivity contribution >= 4 is 27.8 Å². The molecule has 0 aliphatic carbocycles. The highest BCUT2D eigenvalue weighted by Gasteiger charge is 2.35. The van der Waals surface area contributed by atoms with Gasteiger partial charge in [0.05, 0.1) is 18.2 Å². The van der Waals surface area contributed by atoms with E-state index in [4.69, 9.17) is 23.7 Å². The smallest absolute Gasteiger partial charge is 0.232 e. The molecule has 0 unspecified atom stereocenters.